The van der Waals surface area contributed by atoms with E-state index in [-0.39, 0.29) is 5.56 Å². The number of aryl methyl sites for hydroxylation is 1. The van der Waals surface area contributed by atoms with Crippen LogP contribution < -0.4 is 14.2 Å². The third-order valence-electron chi connectivity index (χ3n) is 2.72. The minimum absolute atomic E-state index is 0.227. The summed E-state index contributed by atoms with van der Waals surface area (Å²) in [7, 11) is -6.29. The number of aliphatic hydroxyl groups is 1. The zero-order valence-electron chi connectivity index (χ0n) is 32.1. The van der Waals surface area contributed by atoms with Gasteiger partial charge in [0, 0.05) is 8.22 Å². The topological polar surface area (TPSA) is 47.9 Å². The van der Waals surface area contributed by atoms with Gasteiger partial charge < -0.3 is 19.3 Å². The summed E-state index contributed by atoms with van der Waals surface area (Å²) in [4.78, 5) is 0. The van der Waals surface area contributed by atoms with E-state index in [0.29, 0.717) is 6.07 Å². The molecule has 0 saturated heterocycles. The van der Waals surface area contributed by atoms with Gasteiger partial charge in [0.2, 0.25) is 0 Å². The third-order valence-corrected chi connectivity index (χ3v) is 2.72. The van der Waals surface area contributed by atoms with E-state index in [1.54, 1.807) is 0 Å². The molecule has 0 aliphatic rings. The van der Waals surface area contributed by atoms with Gasteiger partial charge in [-0.2, -0.15) is 0 Å². The standard InChI is InChI=1S/C21H28O4/c1-16-7-6-10-19(13-16)25-15-18(22)9-5-4-8-17-11-12-20(23-2)21(14-17)24-3/h6-7,10-14,18,22H,4-5,8-9,15H2,1-3H3/i2D3,3D3,4D2,6D,7D,8D2,9D2,10D,13D,15D2,18D. The number of rotatable bonds is 10. The van der Waals surface area contributed by atoms with Gasteiger partial charge >= 0.3 is 0 Å². The van der Waals surface area contributed by atoms with Gasteiger partial charge in [0.1, 0.15) is 12.3 Å². The van der Waals surface area contributed by atoms with Gasteiger partial charge in [-0.05, 0) is 61.4 Å². The molecule has 2 aromatic rings. The van der Waals surface area contributed by atoms with Crippen LogP contribution in [0.5, 0.6) is 17.2 Å². The van der Waals surface area contributed by atoms with Gasteiger partial charge in [0.25, 0.3) is 0 Å². The maximum atomic E-state index is 10.8. The summed E-state index contributed by atoms with van der Waals surface area (Å²) in [5.41, 5.74) is -0.940. The fourth-order valence-corrected chi connectivity index (χ4v) is 1.63. The quantitative estimate of drug-likeness (QED) is 0.688. The van der Waals surface area contributed by atoms with Crippen molar-refractivity contribution in [2.24, 2.45) is 0 Å². The summed E-state index contributed by atoms with van der Waals surface area (Å²) < 4.78 is 164. The van der Waals surface area contributed by atoms with E-state index in [9.17, 15) is 5.11 Å². The molecular weight excluding hydrogens is 316 g/mol. The largest absolute Gasteiger partial charge is 0.493 e. The molecule has 0 bridgehead atoms. The molecular formula is C21H28O4. The SMILES string of the molecule is [2H]c1c([2H])c(C)c([2H])c(OC([2H])([2H])C([2H])(O)C([2H])([2H])CC([2H])([2H])C([2H])([2H])c2ccc(OC([2H])([2H])[2H])c(OC([2H])([2H])[2H])c2)c1[2H]. The Bertz CT molecular complexity index is 1350. The average molecular weight is 364 g/mol. The van der Waals surface area contributed by atoms with Crippen LogP contribution in [0.2, 0.25) is 0 Å². The second-order valence-electron chi connectivity index (χ2n) is 4.53. The lowest BCUT2D eigenvalue weighted by molar-refractivity contribution is 0.0976. The monoisotopic (exact) mass is 363 g/mol. The Labute approximate surface area is 177 Å². The first-order valence-electron chi connectivity index (χ1n) is 16.4. The maximum absolute atomic E-state index is 10.8. The molecule has 136 valence electrons. The summed E-state index contributed by atoms with van der Waals surface area (Å²) in [6.45, 7) is -2.67. The maximum Gasteiger partial charge on any atom is 0.160 e. The van der Waals surface area contributed by atoms with Crippen molar-refractivity contribution in [3.63, 3.8) is 0 Å². The summed E-state index contributed by atoms with van der Waals surface area (Å²) in [6.07, 6.45) is -16.2. The smallest absolute Gasteiger partial charge is 0.160 e. The Balaban J connectivity index is 2.53. The van der Waals surface area contributed by atoms with Crippen LogP contribution in [0.1, 0.15) is 56.3 Å². The van der Waals surface area contributed by atoms with E-state index in [1.807, 2.05) is 0 Å². The lowest BCUT2D eigenvalue weighted by atomic mass is 10.0. The number of hydrogen-bond acceptors (Lipinski definition) is 4. The Hall–Kier alpha value is -2.20. The minimum Gasteiger partial charge on any atom is -0.493 e. The first-order valence-corrected chi connectivity index (χ1v) is 6.89. The van der Waals surface area contributed by atoms with Crippen LogP contribution in [0.3, 0.4) is 0 Å². The van der Waals surface area contributed by atoms with Gasteiger partial charge in [-0.25, -0.2) is 0 Å². The first-order chi connectivity index (χ1) is 19.4. The Kier molecular flexibility index (Phi) is 2.35. The van der Waals surface area contributed by atoms with Gasteiger partial charge in [0.05, 0.1) is 38.0 Å². The summed E-state index contributed by atoms with van der Waals surface area (Å²) in [6, 6.07) is -0.882. The molecule has 0 amide bonds. The summed E-state index contributed by atoms with van der Waals surface area (Å²) in [5.74, 6) is -2.51. The number of methoxy groups -OCH3 is 2. The molecule has 0 saturated carbocycles. The Morgan fingerprint density at radius 1 is 1.28 bits per heavy atom. The van der Waals surface area contributed by atoms with Crippen molar-refractivity contribution in [2.75, 3.05) is 20.6 Å². The number of benzene rings is 2. The number of ether oxygens (including phenoxy) is 3. The van der Waals surface area contributed by atoms with Gasteiger partial charge in [-0.15, -0.1) is 0 Å². The van der Waals surface area contributed by atoms with Crippen molar-refractivity contribution in [1.29, 1.82) is 0 Å². The van der Waals surface area contributed by atoms with Crippen LogP contribution in [0.4, 0.5) is 0 Å². The molecule has 1 N–H and O–H groups in total. The molecule has 0 fully saturated rings. The minimum atomic E-state index is -4.06. The van der Waals surface area contributed by atoms with E-state index >= 15 is 0 Å². The van der Waals surface area contributed by atoms with E-state index in [0.717, 1.165) is 12.1 Å². The molecule has 25 heavy (non-hydrogen) atoms. The molecule has 2 rings (SSSR count). The summed E-state index contributed by atoms with van der Waals surface area (Å²) in [5, 5.41) is 10.8. The molecule has 0 heterocycles. The van der Waals surface area contributed by atoms with E-state index < -0.39 is 99.2 Å². The van der Waals surface area contributed by atoms with Gasteiger partial charge in [-0.3, -0.25) is 0 Å². The highest BCUT2D eigenvalue weighted by atomic mass is 16.5. The fourth-order valence-electron chi connectivity index (χ4n) is 1.63. The van der Waals surface area contributed by atoms with Crippen LogP contribution >= 0.6 is 0 Å². The van der Waals surface area contributed by atoms with Crippen LogP contribution in [-0.4, -0.2) is 31.8 Å². The van der Waals surface area contributed by atoms with Gasteiger partial charge in [0.15, 0.2) is 11.5 Å². The second-order valence-corrected chi connectivity index (χ2v) is 4.53. The molecule has 2 aromatic carbocycles. The number of hydrogen-bond donors (Lipinski definition) is 1. The van der Waals surface area contributed by atoms with E-state index in [1.165, 1.54) is 6.92 Å². The van der Waals surface area contributed by atoms with Crippen molar-refractivity contribution in [3.8, 4) is 17.2 Å². The van der Waals surface area contributed by atoms with Crippen molar-refractivity contribution in [1.82, 2.24) is 0 Å². The van der Waals surface area contributed by atoms with Gasteiger partial charge in [-0.1, -0.05) is 24.6 Å². The highest BCUT2D eigenvalue weighted by Gasteiger charge is 2.07. The third kappa shape index (κ3) is 6.31. The zero-order chi connectivity index (χ0) is 34.6. The average Bonchev–Trinajstić information content (AvgIpc) is 2.82. The second kappa shape index (κ2) is 9.94. The predicted octanol–water partition coefficient (Wildman–Crippen LogP) is 4.16. The lowest BCUT2D eigenvalue weighted by Gasteiger charge is -2.13. The van der Waals surface area contributed by atoms with E-state index in [4.69, 9.17) is 35.5 Å². The van der Waals surface area contributed by atoms with Crippen molar-refractivity contribution >= 4 is 0 Å². The van der Waals surface area contributed by atoms with Crippen LogP contribution in [0, 0.1) is 6.92 Å². The predicted molar refractivity (Wildman–Crippen MR) is 99.8 cm³/mol. The molecule has 1 atom stereocenters. The molecule has 4 nitrogen and oxygen atoms in total. The molecule has 0 aliphatic carbocycles. The molecule has 4 heteroatoms. The summed E-state index contributed by atoms with van der Waals surface area (Å²) >= 11 is 0. The highest BCUT2D eigenvalue weighted by Crippen LogP contribution is 2.28. The lowest BCUT2D eigenvalue weighted by Crippen LogP contribution is -2.17. The Morgan fingerprint density at radius 3 is 2.96 bits per heavy atom. The zero-order valence-corrected chi connectivity index (χ0v) is 13.1. The van der Waals surface area contributed by atoms with Crippen LogP contribution in [-0.2, 0) is 6.37 Å². The molecule has 0 radical (unpaired) electrons. The van der Waals surface area contributed by atoms with Crippen molar-refractivity contribution in [3.05, 3.63) is 53.5 Å². The van der Waals surface area contributed by atoms with E-state index in [2.05, 4.69) is 4.74 Å². The van der Waals surface area contributed by atoms with Crippen LogP contribution in [0.25, 0.3) is 0 Å². The van der Waals surface area contributed by atoms with Crippen molar-refractivity contribution < 1.29 is 45.4 Å². The molecule has 0 aliphatic heterocycles. The molecule has 0 spiro atoms. The van der Waals surface area contributed by atoms with Crippen molar-refractivity contribution in [2.45, 2.75) is 38.5 Å². The normalized spacial score (nSPS) is 27.5. The first kappa shape index (κ1) is 5.92. The van der Waals surface area contributed by atoms with Crippen LogP contribution in [0.15, 0.2) is 42.4 Å². The Morgan fingerprint density at radius 2 is 2.12 bits per heavy atom. The fraction of sp³-hybridized carbons (Fsp3) is 0.429. The highest BCUT2D eigenvalue weighted by molar-refractivity contribution is 5.42. The molecule has 0 aromatic heterocycles. The molecule has 1 unspecified atom stereocenters.